The van der Waals surface area contributed by atoms with Crippen LogP contribution in [0.4, 0.5) is 0 Å². The first kappa shape index (κ1) is 10.00. The Balaban J connectivity index is 2.02. The first-order valence-corrected chi connectivity index (χ1v) is 6.32. The molecule has 1 aliphatic rings. The fraction of sp³-hybridized carbons (Fsp3) is 0.308. The van der Waals surface area contributed by atoms with Crippen molar-refractivity contribution in [3.63, 3.8) is 0 Å². The summed E-state index contributed by atoms with van der Waals surface area (Å²) in [7, 11) is 0. The highest BCUT2D eigenvalue weighted by molar-refractivity contribution is 7.17. The van der Waals surface area contributed by atoms with Crippen molar-refractivity contribution in [2.45, 2.75) is 6.42 Å². The molecule has 0 saturated carbocycles. The Morgan fingerprint density at radius 2 is 2.25 bits per heavy atom. The predicted molar refractivity (Wildman–Crippen MR) is 65.1 cm³/mol. The van der Waals surface area contributed by atoms with Crippen LogP contribution in [-0.4, -0.2) is 19.0 Å². The fourth-order valence-corrected chi connectivity index (χ4v) is 3.08. The van der Waals surface area contributed by atoms with E-state index in [4.69, 9.17) is 4.74 Å². The van der Waals surface area contributed by atoms with Crippen LogP contribution < -0.4 is 0 Å². The lowest BCUT2D eigenvalue weighted by atomic mass is 9.97. The van der Waals surface area contributed by atoms with Crippen molar-refractivity contribution in [3.05, 3.63) is 35.2 Å². The number of rotatable bonds is 2. The average molecular weight is 232 g/mol. The number of thiophene rings is 1. The smallest absolute Gasteiger partial charge is 0.169 e. The normalized spacial score (nSPS) is 20.4. The van der Waals surface area contributed by atoms with Crippen LogP contribution in [0.15, 0.2) is 29.6 Å². The molecule has 0 spiro atoms. The van der Waals surface area contributed by atoms with Gasteiger partial charge in [-0.2, -0.15) is 0 Å². The maximum atomic E-state index is 12.2. The van der Waals surface area contributed by atoms with Gasteiger partial charge in [-0.3, -0.25) is 4.79 Å². The minimum absolute atomic E-state index is 0.0676. The Morgan fingerprint density at radius 1 is 1.38 bits per heavy atom. The molecule has 3 rings (SSSR count). The Morgan fingerprint density at radius 3 is 3.06 bits per heavy atom. The highest BCUT2D eigenvalue weighted by atomic mass is 32.1. The minimum atomic E-state index is 0.0676. The number of hydrogen-bond donors (Lipinski definition) is 0. The number of carbonyl (C=O) groups is 1. The van der Waals surface area contributed by atoms with Crippen LogP contribution in [0.3, 0.4) is 0 Å². The van der Waals surface area contributed by atoms with Crippen LogP contribution in [0.1, 0.15) is 16.8 Å². The summed E-state index contributed by atoms with van der Waals surface area (Å²) in [6, 6.07) is 8.07. The molecule has 1 fully saturated rings. The number of fused-ring (bicyclic) bond motifs is 1. The molecule has 2 aromatic rings. The third kappa shape index (κ3) is 1.56. The molecular formula is C13H12O2S. The summed E-state index contributed by atoms with van der Waals surface area (Å²) >= 11 is 1.64. The summed E-state index contributed by atoms with van der Waals surface area (Å²) < 4.78 is 6.46. The zero-order chi connectivity index (χ0) is 11.0. The van der Waals surface area contributed by atoms with Gasteiger partial charge in [-0.15, -0.1) is 11.3 Å². The molecule has 1 aromatic carbocycles. The van der Waals surface area contributed by atoms with Gasteiger partial charge < -0.3 is 4.74 Å². The van der Waals surface area contributed by atoms with Crippen molar-refractivity contribution in [2.75, 3.05) is 13.2 Å². The van der Waals surface area contributed by atoms with Crippen LogP contribution >= 0.6 is 11.3 Å². The highest BCUT2D eigenvalue weighted by Gasteiger charge is 2.26. The molecule has 0 radical (unpaired) electrons. The average Bonchev–Trinajstić information content (AvgIpc) is 2.98. The number of ketones is 1. The number of carbonyl (C=O) groups excluding carboxylic acids is 1. The number of ether oxygens (including phenoxy) is 1. The van der Waals surface area contributed by atoms with Crippen molar-refractivity contribution in [1.29, 1.82) is 0 Å². The topological polar surface area (TPSA) is 26.3 Å². The largest absolute Gasteiger partial charge is 0.381 e. The maximum Gasteiger partial charge on any atom is 0.169 e. The third-order valence-electron chi connectivity index (χ3n) is 3.05. The monoisotopic (exact) mass is 232 g/mol. The number of Topliss-reactive ketones (excluding diaryl/α,β-unsaturated/α-hetero) is 1. The van der Waals surface area contributed by atoms with E-state index in [0.717, 1.165) is 24.0 Å². The molecule has 82 valence electrons. The first-order chi connectivity index (χ1) is 7.86. The van der Waals surface area contributed by atoms with Crippen LogP contribution in [0.25, 0.3) is 10.1 Å². The molecule has 3 heteroatoms. The SMILES string of the molecule is O=C(c1csc2ccccc12)C1CCOC1. The minimum Gasteiger partial charge on any atom is -0.381 e. The van der Waals surface area contributed by atoms with E-state index in [1.54, 1.807) is 11.3 Å². The standard InChI is InChI=1S/C13H12O2S/c14-13(9-5-6-15-7-9)11-8-16-12-4-2-1-3-10(11)12/h1-4,8-9H,5-7H2. The van der Waals surface area contributed by atoms with E-state index in [2.05, 4.69) is 6.07 Å². The van der Waals surface area contributed by atoms with E-state index in [-0.39, 0.29) is 11.7 Å². The van der Waals surface area contributed by atoms with Gasteiger partial charge in [0.2, 0.25) is 0 Å². The second-order valence-corrected chi connectivity index (χ2v) is 4.98. The molecule has 0 bridgehead atoms. The predicted octanol–water partition coefficient (Wildman–Crippen LogP) is 3.12. The highest BCUT2D eigenvalue weighted by Crippen LogP contribution is 2.29. The molecule has 1 atom stereocenters. The molecule has 0 amide bonds. The van der Waals surface area contributed by atoms with E-state index in [0.29, 0.717) is 6.61 Å². The van der Waals surface area contributed by atoms with E-state index < -0.39 is 0 Å². The van der Waals surface area contributed by atoms with Crippen molar-refractivity contribution < 1.29 is 9.53 Å². The Labute approximate surface area is 97.8 Å². The number of benzene rings is 1. The molecule has 1 aromatic heterocycles. The van der Waals surface area contributed by atoms with E-state index in [9.17, 15) is 4.79 Å². The molecule has 2 heterocycles. The van der Waals surface area contributed by atoms with Gasteiger partial charge in [0.25, 0.3) is 0 Å². The zero-order valence-corrected chi connectivity index (χ0v) is 9.63. The third-order valence-corrected chi connectivity index (χ3v) is 4.01. The molecule has 1 saturated heterocycles. The van der Waals surface area contributed by atoms with Crippen LogP contribution in [0.5, 0.6) is 0 Å². The summed E-state index contributed by atoms with van der Waals surface area (Å²) in [6.07, 6.45) is 0.864. The lowest BCUT2D eigenvalue weighted by Crippen LogP contribution is -2.13. The summed E-state index contributed by atoms with van der Waals surface area (Å²) in [4.78, 5) is 12.2. The summed E-state index contributed by atoms with van der Waals surface area (Å²) in [5.41, 5.74) is 0.871. The van der Waals surface area contributed by atoms with Gasteiger partial charge in [0, 0.05) is 33.6 Å². The molecule has 0 N–H and O–H groups in total. The molecule has 1 aliphatic heterocycles. The van der Waals surface area contributed by atoms with Crippen LogP contribution in [0, 0.1) is 5.92 Å². The fourth-order valence-electron chi connectivity index (χ4n) is 2.13. The van der Waals surface area contributed by atoms with E-state index >= 15 is 0 Å². The van der Waals surface area contributed by atoms with Crippen LogP contribution in [-0.2, 0) is 4.74 Å². The van der Waals surface area contributed by atoms with Crippen LogP contribution in [0.2, 0.25) is 0 Å². The molecular weight excluding hydrogens is 220 g/mol. The van der Waals surface area contributed by atoms with Gasteiger partial charge in [-0.05, 0) is 12.5 Å². The zero-order valence-electron chi connectivity index (χ0n) is 8.81. The molecule has 16 heavy (non-hydrogen) atoms. The first-order valence-electron chi connectivity index (χ1n) is 5.44. The van der Waals surface area contributed by atoms with Gasteiger partial charge >= 0.3 is 0 Å². The van der Waals surface area contributed by atoms with Gasteiger partial charge in [-0.25, -0.2) is 0 Å². The Hall–Kier alpha value is -1.19. The second-order valence-electron chi connectivity index (χ2n) is 4.07. The van der Waals surface area contributed by atoms with Crippen molar-refractivity contribution in [2.24, 2.45) is 5.92 Å². The Kier molecular flexibility index (Phi) is 2.50. The lowest BCUT2D eigenvalue weighted by Gasteiger charge is -2.04. The lowest BCUT2D eigenvalue weighted by molar-refractivity contribution is 0.0902. The number of hydrogen-bond acceptors (Lipinski definition) is 3. The summed E-state index contributed by atoms with van der Waals surface area (Å²) in [5, 5.41) is 3.06. The van der Waals surface area contributed by atoms with Gasteiger partial charge in [0.15, 0.2) is 5.78 Å². The maximum absolute atomic E-state index is 12.2. The van der Waals surface area contributed by atoms with Crippen molar-refractivity contribution >= 4 is 27.2 Å². The summed E-state index contributed by atoms with van der Waals surface area (Å²) in [6.45, 7) is 1.31. The molecule has 0 aliphatic carbocycles. The summed E-state index contributed by atoms with van der Waals surface area (Å²) in [5.74, 6) is 0.313. The van der Waals surface area contributed by atoms with Crippen molar-refractivity contribution in [1.82, 2.24) is 0 Å². The van der Waals surface area contributed by atoms with Gasteiger partial charge in [0.1, 0.15) is 0 Å². The molecule has 2 nitrogen and oxygen atoms in total. The second kappa shape index (κ2) is 4.00. The van der Waals surface area contributed by atoms with E-state index in [1.165, 1.54) is 4.70 Å². The molecule has 1 unspecified atom stereocenters. The van der Waals surface area contributed by atoms with Crippen molar-refractivity contribution in [3.8, 4) is 0 Å². The van der Waals surface area contributed by atoms with Gasteiger partial charge in [0.05, 0.1) is 6.61 Å². The van der Waals surface area contributed by atoms with Gasteiger partial charge in [-0.1, -0.05) is 18.2 Å². The quantitative estimate of drug-likeness (QED) is 0.744. The van der Waals surface area contributed by atoms with E-state index in [1.807, 2.05) is 23.6 Å². The Bertz CT molecular complexity index is 523.